The van der Waals surface area contributed by atoms with Gasteiger partial charge in [0.2, 0.25) is 5.91 Å². The van der Waals surface area contributed by atoms with Crippen LogP contribution in [0.5, 0.6) is 5.75 Å². The van der Waals surface area contributed by atoms with Crippen LogP contribution >= 0.6 is 11.3 Å². The largest absolute Gasteiger partial charge is 0.497 e. The van der Waals surface area contributed by atoms with Gasteiger partial charge in [-0.25, -0.2) is 4.98 Å². The summed E-state index contributed by atoms with van der Waals surface area (Å²) in [6, 6.07) is 14.6. The number of aromatic nitrogens is 1. The number of thiazole rings is 1. The summed E-state index contributed by atoms with van der Waals surface area (Å²) in [5.41, 5.74) is 2.78. The number of nitrogens with one attached hydrogen (secondary N) is 2. The summed E-state index contributed by atoms with van der Waals surface area (Å²) in [6.45, 7) is 3.24. The van der Waals surface area contributed by atoms with Crippen molar-refractivity contribution in [1.29, 1.82) is 0 Å². The molecule has 0 spiro atoms. The number of carbonyl (C=O) groups excluding carboxylic acids is 2. The van der Waals surface area contributed by atoms with Crippen molar-refractivity contribution in [2.24, 2.45) is 0 Å². The van der Waals surface area contributed by atoms with Gasteiger partial charge < -0.3 is 15.4 Å². The zero-order valence-corrected chi connectivity index (χ0v) is 16.0. The summed E-state index contributed by atoms with van der Waals surface area (Å²) in [5.74, 6) is 0.333. The SMILES string of the molecule is COc1cccc(-c2nc(C)c(C(=O)Nc3cccc(NC(C)=O)c3)s2)c1. The van der Waals surface area contributed by atoms with Crippen molar-refractivity contribution in [3.63, 3.8) is 0 Å². The van der Waals surface area contributed by atoms with E-state index in [2.05, 4.69) is 15.6 Å². The maximum atomic E-state index is 12.7. The summed E-state index contributed by atoms with van der Waals surface area (Å²) in [4.78, 5) is 28.9. The number of hydrogen-bond donors (Lipinski definition) is 2. The number of carbonyl (C=O) groups is 2. The van der Waals surface area contributed by atoms with Gasteiger partial charge >= 0.3 is 0 Å². The maximum absolute atomic E-state index is 12.7. The fourth-order valence-electron chi connectivity index (χ4n) is 2.55. The second-order valence-corrected chi connectivity index (χ2v) is 6.88. The van der Waals surface area contributed by atoms with Crippen LogP contribution in [0.15, 0.2) is 48.5 Å². The first-order valence-electron chi connectivity index (χ1n) is 8.27. The minimum Gasteiger partial charge on any atom is -0.497 e. The van der Waals surface area contributed by atoms with Crippen molar-refractivity contribution in [3.8, 4) is 16.3 Å². The average Bonchev–Trinajstić information content (AvgIpc) is 3.03. The smallest absolute Gasteiger partial charge is 0.267 e. The summed E-state index contributed by atoms with van der Waals surface area (Å²) >= 11 is 1.33. The number of ether oxygens (including phenoxy) is 1. The average molecular weight is 381 g/mol. The normalized spacial score (nSPS) is 10.3. The number of hydrogen-bond acceptors (Lipinski definition) is 5. The molecule has 27 heavy (non-hydrogen) atoms. The highest BCUT2D eigenvalue weighted by Crippen LogP contribution is 2.30. The Morgan fingerprint density at radius 1 is 1.04 bits per heavy atom. The Labute approximate surface area is 161 Å². The molecule has 0 aliphatic rings. The molecular formula is C20H19N3O3S. The third kappa shape index (κ3) is 4.51. The van der Waals surface area contributed by atoms with Crippen LogP contribution in [0.4, 0.5) is 11.4 Å². The van der Waals surface area contributed by atoms with Crippen LogP contribution in [0.2, 0.25) is 0 Å². The Morgan fingerprint density at radius 2 is 1.74 bits per heavy atom. The zero-order chi connectivity index (χ0) is 19.4. The molecule has 0 fully saturated rings. The van der Waals surface area contributed by atoms with E-state index in [1.165, 1.54) is 18.3 Å². The van der Waals surface area contributed by atoms with E-state index in [1.807, 2.05) is 31.2 Å². The summed E-state index contributed by atoms with van der Waals surface area (Å²) in [7, 11) is 1.61. The fourth-order valence-corrected chi connectivity index (χ4v) is 3.51. The van der Waals surface area contributed by atoms with Gasteiger partial charge in [-0.15, -0.1) is 11.3 Å². The van der Waals surface area contributed by atoms with Crippen LogP contribution in [0, 0.1) is 6.92 Å². The lowest BCUT2D eigenvalue weighted by Crippen LogP contribution is -2.12. The van der Waals surface area contributed by atoms with E-state index in [1.54, 1.807) is 31.4 Å². The van der Waals surface area contributed by atoms with Crippen molar-refractivity contribution in [1.82, 2.24) is 4.98 Å². The Morgan fingerprint density at radius 3 is 2.44 bits per heavy atom. The van der Waals surface area contributed by atoms with Crippen LogP contribution in [0.1, 0.15) is 22.3 Å². The van der Waals surface area contributed by atoms with E-state index >= 15 is 0 Å². The monoisotopic (exact) mass is 381 g/mol. The van der Waals surface area contributed by atoms with E-state index in [4.69, 9.17) is 4.74 Å². The Bertz CT molecular complexity index is 998. The minimum absolute atomic E-state index is 0.167. The number of nitrogens with zero attached hydrogens (tertiary/aromatic N) is 1. The molecule has 3 aromatic rings. The second kappa shape index (κ2) is 8.01. The molecule has 0 saturated carbocycles. The Hall–Kier alpha value is -3.19. The molecule has 0 aliphatic heterocycles. The quantitative estimate of drug-likeness (QED) is 0.689. The van der Waals surface area contributed by atoms with E-state index in [9.17, 15) is 9.59 Å². The molecule has 0 atom stereocenters. The highest BCUT2D eigenvalue weighted by Gasteiger charge is 2.17. The zero-order valence-electron chi connectivity index (χ0n) is 15.2. The van der Waals surface area contributed by atoms with Gasteiger partial charge in [0, 0.05) is 23.9 Å². The molecular weight excluding hydrogens is 362 g/mol. The van der Waals surface area contributed by atoms with Crippen molar-refractivity contribution in [2.75, 3.05) is 17.7 Å². The first-order valence-corrected chi connectivity index (χ1v) is 9.09. The van der Waals surface area contributed by atoms with Crippen molar-refractivity contribution < 1.29 is 14.3 Å². The molecule has 0 bridgehead atoms. The number of anilines is 2. The standard InChI is InChI=1S/C20H19N3O3S/c1-12-18(27-20(21-12)14-6-4-9-17(10-14)26-3)19(25)23-16-8-5-7-15(11-16)22-13(2)24/h4-11H,1-3H3,(H,22,24)(H,23,25). The predicted octanol–water partition coefficient (Wildman–Crippen LogP) is 4.34. The molecule has 1 heterocycles. The van der Waals surface area contributed by atoms with Crippen LogP contribution in [-0.2, 0) is 4.79 Å². The third-order valence-corrected chi connectivity index (χ3v) is 4.97. The summed E-state index contributed by atoms with van der Waals surface area (Å²) < 4.78 is 5.25. The molecule has 0 unspecified atom stereocenters. The number of benzene rings is 2. The van der Waals surface area contributed by atoms with Crippen LogP contribution < -0.4 is 15.4 Å². The van der Waals surface area contributed by atoms with Gasteiger partial charge in [-0.2, -0.15) is 0 Å². The van der Waals surface area contributed by atoms with Gasteiger partial charge in [0.25, 0.3) is 5.91 Å². The predicted molar refractivity (Wildman–Crippen MR) is 108 cm³/mol. The Balaban J connectivity index is 1.81. The molecule has 2 aromatic carbocycles. The second-order valence-electron chi connectivity index (χ2n) is 5.88. The first-order chi connectivity index (χ1) is 13.0. The van der Waals surface area contributed by atoms with Gasteiger partial charge in [0.1, 0.15) is 15.6 Å². The fraction of sp³-hybridized carbons (Fsp3) is 0.150. The van der Waals surface area contributed by atoms with E-state index in [0.717, 1.165) is 16.3 Å². The molecule has 6 nitrogen and oxygen atoms in total. The van der Waals surface area contributed by atoms with E-state index in [0.29, 0.717) is 21.9 Å². The summed E-state index contributed by atoms with van der Waals surface area (Å²) in [5, 5.41) is 6.30. The molecule has 138 valence electrons. The van der Waals surface area contributed by atoms with Gasteiger partial charge in [-0.05, 0) is 37.3 Å². The molecule has 2 amide bonds. The first kappa shape index (κ1) is 18.6. The maximum Gasteiger partial charge on any atom is 0.267 e. The molecule has 7 heteroatoms. The summed E-state index contributed by atoms with van der Waals surface area (Å²) in [6.07, 6.45) is 0. The number of methoxy groups -OCH3 is 1. The number of rotatable bonds is 5. The Kier molecular flexibility index (Phi) is 5.52. The molecule has 0 aliphatic carbocycles. The topological polar surface area (TPSA) is 80.3 Å². The van der Waals surface area contributed by atoms with Crippen molar-refractivity contribution in [2.45, 2.75) is 13.8 Å². The van der Waals surface area contributed by atoms with Crippen LogP contribution in [0.25, 0.3) is 10.6 Å². The van der Waals surface area contributed by atoms with Crippen molar-refractivity contribution >= 4 is 34.5 Å². The molecule has 3 rings (SSSR count). The van der Waals surface area contributed by atoms with E-state index < -0.39 is 0 Å². The lowest BCUT2D eigenvalue weighted by atomic mass is 10.2. The molecule has 1 aromatic heterocycles. The minimum atomic E-state index is -0.237. The van der Waals surface area contributed by atoms with Gasteiger partial charge in [0.05, 0.1) is 12.8 Å². The van der Waals surface area contributed by atoms with E-state index in [-0.39, 0.29) is 11.8 Å². The van der Waals surface area contributed by atoms with Gasteiger partial charge in [0.15, 0.2) is 0 Å². The molecule has 0 radical (unpaired) electrons. The third-order valence-electron chi connectivity index (χ3n) is 3.76. The molecule has 2 N–H and O–H groups in total. The van der Waals surface area contributed by atoms with Crippen LogP contribution in [0.3, 0.4) is 0 Å². The van der Waals surface area contributed by atoms with Crippen molar-refractivity contribution in [3.05, 3.63) is 59.1 Å². The lowest BCUT2D eigenvalue weighted by Gasteiger charge is -2.07. The highest BCUT2D eigenvalue weighted by atomic mass is 32.1. The van der Waals surface area contributed by atoms with Crippen LogP contribution in [-0.4, -0.2) is 23.9 Å². The van der Waals surface area contributed by atoms with Gasteiger partial charge in [-0.1, -0.05) is 18.2 Å². The van der Waals surface area contributed by atoms with Gasteiger partial charge in [-0.3, -0.25) is 9.59 Å². The number of aryl methyl sites for hydroxylation is 1. The highest BCUT2D eigenvalue weighted by molar-refractivity contribution is 7.17. The lowest BCUT2D eigenvalue weighted by molar-refractivity contribution is -0.114. The molecule has 0 saturated heterocycles. The number of amides is 2.